The molecule has 0 amide bonds. The van der Waals surface area contributed by atoms with E-state index >= 15 is 0 Å². The van der Waals surface area contributed by atoms with E-state index in [9.17, 15) is 0 Å². The second-order valence-corrected chi connectivity index (χ2v) is 5.75. The molecule has 4 heteroatoms. The van der Waals surface area contributed by atoms with Crippen LogP contribution < -0.4 is 11.3 Å². The molecule has 2 aromatic rings. The van der Waals surface area contributed by atoms with Crippen LogP contribution in [-0.2, 0) is 6.42 Å². The number of hydrazine groups is 1. The van der Waals surface area contributed by atoms with Gasteiger partial charge in [0.2, 0.25) is 0 Å². The Kier molecular flexibility index (Phi) is 3.41. The van der Waals surface area contributed by atoms with Gasteiger partial charge >= 0.3 is 0 Å². The number of nitrogens with one attached hydrogen (secondary N) is 1. The van der Waals surface area contributed by atoms with Gasteiger partial charge in [0.1, 0.15) is 0 Å². The molecular weight excluding hydrogens is 242 g/mol. The molecule has 18 heavy (non-hydrogen) atoms. The average molecular weight is 259 g/mol. The highest BCUT2D eigenvalue weighted by Crippen LogP contribution is 2.34. The van der Waals surface area contributed by atoms with Crippen molar-refractivity contribution < 1.29 is 0 Å². The Balaban J connectivity index is 1.73. The molecule has 0 radical (unpaired) electrons. The fraction of sp³-hybridized carbons (Fsp3) is 0.357. The van der Waals surface area contributed by atoms with Gasteiger partial charge in [0, 0.05) is 23.4 Å². The molecule has 1 unspecified atom stereocenters. The van der Waals surface area contributed by atoms with Crippen molar-refractivity contribution in [1.29, 1.82) is 0 Å². The minimum atomic E-state index is 0.389. The largest absolute Gasteiger partial charge is 0.271 e. The molecule has 1 aromatic heterocycles. The zero-order valence-corrected chi connectivity index (χ0v) is 11.0. The highest BCUT2D eigenvalue weighted by molar-refractivity contribution is 7.09. The maximum absolute atomic E-state index is 5.61. The lowest BCUT2D eigenvalue weighted by atomic mass is 10.1. The van der Waals surface area contributed by atoms with Gasteiger partial charge in [-0.25, -0.2) is 4.98 Å². The molecule has 0 spiro atoms. The molecule has 1 atom stereocenters. The Morgan fingerprint density at radius 2 is 2.11 bits per heavy atom. The number of aromatic nitrogens is 1. The summed E-state index contributed by atoms with van der Waals surface area (Å²) in [6, 6.07) is 10.7. The highest BCUT2D eigenvalue weighted by atomic mass is 32.1. The van der Waals surface area contributed by atoms with E-state index in [0.29, 0.717) is 6.04 Å². The lowest BCUT2D eigenvalue weighted by molar-refractivity contribution is 0.472. The maximum atomic E-state index is 5.61. The number of thiazole rings is 1. The third-order valence-electron chi connectivity index (χ3n) is 3.42. The van der Waals surface area contributed by atoms with Crippen molar-refractivity contribution in [2.75, 3.05) is 0 Å². The smallest absolute Gasteiger partial charge is 0.0948 e. The van der Waals surface area contributed by atoms with Crippen LogP contribution in [0.1, 0.15) is 17.8 Å². The van der Waals surface area contributed by atoms with Crippen LogP contribution in [0.25, 0.3) is 11.3 Å². The molecule has 0 bridgehead atoms. The molecule has 1 fully saturated rings. The molecule has 94 valence electrons. The Morgan fingerprint density at radius 3 is 2.78 bits per heavy atom. The van der Waals surface area contributed by atoms with Gasteiger partial charge in [-0.3, -0.25) is 11.3 Å². The van der Waals surface area contributed by atoms with Crippen molar-refractivity contribution in [3.8, 4) is 11.3 Å². The van der Waals surface area contributed by atoms with E-state index in [4.69, 9.17) is 10.8 Å². The van der Waals surface area contributed by atoms with E-state index in [1.54, 1.807) is 11.3 Å². The number of hydrogen-bond acceptors (Lipinski definition) is 4. The molecule has 1 saturated carbocycles. The summed E-state index contributed by atoms with van der Waals surface area (Å²) >= 11 is 1.73. The fourth-order valence-corrected chi connectivity index (χ4v) is 3.06. The summed E-state index contributed by atoms with van der Waals surface area (Å²) in [6.45, 7) is 0. The zero-order chi connectivity index (χ0) is 12.4. The van der Waals surface area contributed by atoms with Gasteiger partial charge in [0.15, 0.2) is 0 Å². The normalized spacial score (nSPS) is 16.7. The summed E-state index contributed by atoms with van der Waals surface area (Å²) in [5.74, 6) is 6.36. The third kappa shape index (κ3) is 2.61. The van der Waals surface area contributed by atoms with Crippen molar-refractivity contribution >= 4 is 11.3 Å². The van der Waals surface area contributed by atoms with Crippen LogP contribution in [0.2, 0.25) is 0 Å². The molecule has 3 N–H and O–H groups in total. The lowest BCUT2D eigenvalue weighted by Gasteiger charge is -2.12. The van der Waals surface area contributed by atoms with Crippen molar-refractivity contribution in [3.63, 3.8) is 0 Å². The first-order valence-corrected chi connectivity index (χ1v) is 7.21. The predicted molar refractivity (Wildman–Crippen MR) is 75.1 cm³/mol. The molecular formula is C14H17N3S. The van der Waals surface area contributed by atoms with E-state index in [-0.39, 0.29) is 0 Å². The predicted octanol–water partition coefficient (Wildman–Crippen LogP) is 2.59. The van der Waals surface area contributed by atoms with Crippen LogP contribution in [0, 0.1) is 5.92 Å². The summed E-state index contributed by atoms with van der Waals surface area (Å²) in [6.07, 6.45) is 3.54. The number of benzene rings is 1. The SMILES string of the molecule is NNC(Cc1nc(-c2ccccc2)cs1)C1CC1. The fourth-order valence-electron chi connectivity index (χ4n) is 2.19. The summed E-state index contributed by atoms with van der Waals surface area (Å²) in [5.41, 5.74) is 5.18. The van der Waals surface area contributed by atoms with E-state index in [1.807, 2.05) is 18.2 Å². The van der Waals surface area contributed by atoms with Gasteiger partial charge in [0.05, 0.1) is 10.7 Å². The van der Waals surface area contributed by atoms with Gasteiger partial charge in [-0.1, -0.05) is 30.3 Å². The molecule has 0 saturated heterocycles. The van der Waals surface area contributed by atoms with Gasteiger partial charge in [0.25, 0.3) is 0 Å². The second-order valence-electron chi connectivity index (χ2n) is 4.81. The van der Waals surface area contributed by atoms with Crippen LogP contribution in [0.15, 0.2) is 35.7 Å². The molecule has 3 rings (SSSR count). The molecule has 1 aromatic carbocycles. The molecule has 3 nitrogen and oxygen atoms in total. The molecule has 1 aliphatic carbocycles. The second kappa shape index (κ2) is 5.18. The molecule has 1 aliphatic rings. The van der Waals surface area contributed by atoms with E-state index in [1.165, 1.54) is 23.4 Å². The van der Waals surface area contributed by atoms with Crippen molar-refractivity contribution in [1.82, 2.24) is 10.4 Å². The van der Waals surface area contributed by atoms with Crippen LogP contribution in [-0.4, -0.2) is 11.0 Å². The van der Waals surface area contributed by atoms with Gasteiger partial charge in [-0.15, -0.1) is 11.3 Å². The monoisotopic (exact) mass is 259 g/mol. The first-order valence-electron chi connectivity index (χ1n) is 6.33. The Morgan fingerprint density at radius 1 is 1.33 bits per heavy atom. The van der Waals surface area contributed by atoms with Crippen molar-refractivity contribution in [3.05, 3.63) is 40.7 Å². The number of nitrogens with zero attached hydrogens (tertiary/aromatic N) is 1. The van der Waals surface area contributed by atoms with Crippen molar-refractivity contribution in [2.24, 2.45) is 11.8 Å². The van der Waals surface area contributed by atoms with Gasteiger partial charge in [-0.2, -0.15) is 0 Å². The van der Waals surface area contributed by atoms with Crippen molar-refractivity contribution in [2.45, 2.75) is 25.3 Å². The highest BCUT2D eigenvalue weighted by Gasteiger charge is 2.31. The topological polar surface area (TPSA) is 50.9 Å². The van der Waals surface area contributed by atoms with E-state index in [0.717, 1.165) is 18.0 Å². The van der Waals surface area contributed by atoms with Gasteiger partial charge < -0.3 is 0 Å². The number of hydrogen-bond donors (Lipinski definition) is 2. The zero-order valence-electron chi connectivity index (χ0n) is 10.2. The Bertz CT molecular complexity index is 505. The number of nitrogens with two attached hydrogens (primary N) is 1. The summed E-state index contributed by atoms with van der Waals surface area (Å²) in [7, 11) is 0. The van der Waals surface area contributed by atoms with Crippen LogP contribution in [0.3, 0.4) is 0 Å². The summed E-state index contributed by atoms with van der Waals surface area (Å²) < 4.78 is 0. The Hall–Kier alpha value is -1.23. The third-order valence-corrected chi connectivity index (χ3v) is 4.29. The minimum Gasteiger partial charge on any atom is -0.271 e. The van der Waals surface area contributed by atoms with E-state index < -0.39 is 0 Å². The summed E-state index contributed by atoms with van der Waals surface area (Å²) in [5, 5.41) is 3.30. The molecule has 1 heterocycles. The molecule has 0 aliphatic heterocycles. The van der Waals surface area contributed by atoms with Crippen LogP contribution in [0.5, 0.6) is 0 Å². The first kappa shape index (κ1) is 11.8. The Labute approximate surface area is 111 Å². The van der Waals surface area contributed by atoms with Crippen LogP contribution >= 0.6 is 11.3 Å². The van der Waals surface area contributed by atoms with Gasteiger partial charge in [-0.05, 0) is 18.8 Å². The quantitative estimate of drug-likeness (QED) is 0.641. The maximum Gasteiger partial charge on any atom is 0.0948 e. The summed E-state index contributed by atoms with van der Waals surface area (Å²) in [4.78, 5) is 4.70. The van der Waals surface area contributed by atoms with E-state index in [2.05, 4.69) is 22.9 Å². The average Bonchev–Trinajstić information content (AvgIpc) is 3.16. The lowest BCUT2D eigenvalue weighted by Crippen LogP contribution is -2.38. The standard InChI is InChI=1S/C14H17N3S/c15-17-12(11-6-7-11)8-14-16-13(9-18-14)10-4-2-1-3-5-10/h1-5,9,11-12,17H,6-8,15H2. The van der Waals surface area contributed by atoms with Crippen LogP contribution in [0.4, 0.5) is 0 Å². The minimum absolute atomic E-state index is 0.389. The first-order chi connectivity index (χ1) is 8.86. The number of rotatable bonds is 5.